The van der Waals surface area contributed by atoms with Gasteiger partial charge in [-0.15, -0.1) is 0 Å². The molecule has 0 bridgehead atoms. The van der Waals surface area contributed by atoms with Crippen LogP contribution in [0.5, 0.6) is 5.75 Å². The first-order valence-corrected chi connectivity index (χ1v) is 6.78. The van der Waals surface area contributed by atoms with Crippen LogP contribution in [0.15, 0.2) is 24.3 Å². The maximum Gasteiger partial charge on any atom is 0.223 e. The predicted octanol–water partition coefficient (Wildman–Crippen LogP) is 1.61. The van der Waals surface area contributed by atoms with Gasteiger partial charge in [-0.3, -0.25) is 4.79 Å². The van der Waals surface area contributed by atoms with Crippen LogP contribution in [0.4, 0.5) is 0 Å². The number of carbonyl (C=O) groups is 1. The van der Waals surface area contributed by atoms with E-state index in [-0.39, 0.29) is 18.6 Å². The van der Waals surface area contributed by atoms with E-state index in [0.717, 1.165) is 37.1 Å². The molecule has 1 atom stereocenters. The summed E-state index contributed by atoms with van der Waals surface area (Å²) in [6, 6.07) is 7.82. The summed E-state index contributed by atoms with van der Waals surface area (Å²) in [6.07, 6.45) is 3.16. The lowest BCUT2D eigenvalue weighted by molar-refractivity contribution is -0.132. The number of hydrogen-bond donors (Lipinski definition) is 1. The lowest BCUT2D eigenvalue weighted by Crippen LogP contribution is -2.37. The maximum absolute atomic E-state index is 12.1. The number of rotatable bonds is 5. The monoisotopic (exact) mass is 263 g/mol. The predicted molar refractivity (Wildman–Crippen MR) is 73.1 cm³/mol. The second-order valence-corrected chi connectivity index (χ2v) is 4.91. The molecule has 104 valence electrons. The Labute approximate surface area is 114 Å². The van der Waals surface area contributed by atoms with Crippen LogP contribution in [0.25, 0.3) is 0 Å². The van der Waals surface area contributed by atoms with Crippen LogP contribution in [0, 0.1) is 0 Å². The van der Waals surface area contributed by atoms with Crippen molar-refractivity contribution in [3.8, 4) is 5.75 Å². The van der Waals surface area contributed by atoms with Gasteiger partial charge in [-0.1, -0.05) is 12.1 Å². The van der Waals surface area contributed by atoms with Crippen LogP contribution in [0.2, 0.25) is 0 Å². The number of amides is 1. The molecule has 4 nitrogen and oxygen atoms in total. The van der Waals surface area contributed by atoms with Gasteiger partial charge in [-0.25, -0.2) is 0 Å². The molecule has 0 radical (unpaired) electrons. The number of benzene rings is 1. The van der Waals surface area contributed by atoms with Crippen molar-refractivity contribution >= 4 is 5.91 Å². The third-order valence-corrected chi connectivity index (χ3v) is 3.69. The summed E-state index contributed by atoms with van der Waals surface area (Å²) in [5.41, 5.74) is 1.13. The molecule has 4 heteroatoms. The number of aliphatic hydroxyl groups excluding tert-OH is 1. The zero-order valence-electron chi connectivity index (χ0n) is 11.3. The average molecular weight is 263 g/mol. The Morgan fingerprint density at radius 3 is 2.79 bits per heavy atom. The van der Waals surface area contributed by atoms with Crippen LogP contribution in [0.1, 0.15) is 24.8 Å². The van der Waals surface area contributed by atoms with Gasteiger partial charge in [-0.2, -0.15) is 0 Å². The van der Waals surface area contributed by atoms with E-state index >= 15 is 0 Å². The number of hydrogen-bond acceptors (Lipinski definition) is 3. The van der Waals surface area contributed by atoms with E-state index in [4.69, 9.17) is 4.74 Å². The van der Waals surface area contributed by atoms with Gasteiger partial charge in [0, 0.05) is 13.0 Å². The summed E-state index contributed by atoms with van der Waals surface area (Å²) in [7, 11) is 1.64. The molecule has 1 aliphatic heterocycles. The van der Waals surface area contributed by atoms with Gasteiger partial charge in [0.2, 0.25) is 5.91 Å². The summed E-state index contributed by atoms with van der Waals surface area (Å²) in [6.45, 7) is 0.862. The fourth-order valence-electron chi connectivity index (χ4n) is 2.54. The van der Waals surface area contributed by atoms with Crippen LogP contribution in [-0.4, -0.2) is 42.2 Å². The molecule has 1 amide bonds. The first kappa shape index (κ1) is 13.9. The number of likely N-dealkylation sites (tertiary alicyclic amines) is 1. The zero-order valence-corrected chi connectivity index (χ0v) is 11.3. The second kappa shape index (κ2) is 6.57. The van der Waals surface area contributed by atoms with E-state index in [1.165, 1.54) is 0 Å². The molecule has 19 heavy (non-hydrogen) atoms. The minimum absolute atomic E-state index is 0.0309. The van der Waals surface area contributed by atoms with Crippen LogP contribution in [0.3, 0.4) is 0 Å². The lowest BCUT2D eigenvalue weighted by Gasteiger charge is -2.23. The first-order valence-electron chi connectivity index (χ1n) is 6.78. The summed E-state index contributed by atoms with van der Waals surface area (Å²) >= 11 is 0. The SMILES string of the molecule is COc1ccc(CCC(=O)N2CCCC2CO)cc1. The number of carbonyl (C=O) groups excluding carboxylic acids is 1. The highest BCUT2D eigenvalue weighted by Crippen LogP contribution is 2.19. The number of nitrogens with zero attached hydrogens (tertiary/aromatic N) is 1. The molecule has 1 aromatic rings. The highest BCUT2D eigenvalue weighted by Gasteiger charge is 2.27. The smallest absolute Gasteiger partial charge is 0.223 e. The second-order valence-electron chi connectivity index (χ2n) is 4.91. The van der Waals surface area contributed by atoms with Gasteiger partial charge in [0.25, 0.3) is 0 Å². The van der Waals surface area contributed by atoms with E-state index in [1.807, 2.05) is 29.2 Å². The summed E-state index contributed by atoms with van der Waals surface area (Å²) in [5.74, 6) is 0.974. The molecular weight excluding hydrogens is 242 g/mol. The summed E-state index contributed by atoms with van der Waals surface area (Å²) < 4.78 is 5.10. The fourth-order valence-corrected chi connectivity index (χ4v) is 2.54. The molecule has 0 saturated carbocycles. The van der Waals surface area contributed by atoms with Gasteiger partial charge < -0.3 is 14.7 Å². The van der Waals surface area contributed by atoms with Crippen molar-refractivity contribution in [1.82, 2.24) is 4.90 Å². The number of aryl methyl sites for hydroxylation is 1. The average Bonchev–Trinajstić information content (AvgIpc) is 2.93. The van der Waals surface area contributed by atoms with E-state index in [1.54, 1.807) is 7.11 Å². The molecule has 1 heterocycles. The van der Waals surface area contributed by atoms with Crippen molar-refractivity contribution in [3.05, 3.63) is 29.8 Å². The number of aliphatic hydroxyl groups is 1. The normalized spacial score (nSPS) is 18.6. The molecule has 2 rings (SSSR count). The molecule has 1 aromatic carbocycles. The lowest BCUT2D eigenvalue weighted by atomic mass is 10.1. The largest absolute Gasteiger partial charge is 0.497 e. The van der Waals surface area contributed by atoms with Crippen molar-refractivity contribution in [1.29, 1.82) is 0 Å². The third kappa shape index (κ3) is 3.47. The fraction of sp³-hybridized carbons (Fsp3) is 0.533. The highest BCUT2D eigenvalue weighted by molar-refractivity contribution is 5.77. The minimum atomic E-state index is 0.0309. The van der Waals surface area contributed by atoms with Gasteiger partial charge in [0.05, 0.1) is 19.8 Å². The summed E-state index contributed by atoms with van der Waals surface area (Å²) in [5, 5.41) is 9.22. The van der Waals surface area contributed by atoms with E-state index in [2.05, 4.69) is 0 Å². The Morgan fingerprint density at radius 1 is 1.42 bits per heavy atom. The molecule has 0 aromatic heterocycles. The molecule has 0 spiro atoms. The topological polar surface area (TPSA) is 49.8 Å². The Balaban J connectivity index is 1.85. The Morgan fingerprint density at radius 2 is 2.16 bits per heavy atom. The van der Waals surface area contributed by atoms with Gasteiger partial charge in [0.15, 0.2) is 0 Å². The van der Waals surface area contributed by atoms with E-state index in [0.29, 0.717) is 6.42 Å². The minimum Gasteiger partial charge on any atom is -0.497 e. The molecular formula is C15H21NO3. The van der Waals surface area contributed by atoms with Crippen molar-refractivity contribution < 1.29 is 14.6 Å². The van der Waals surface area contributed by atoms with Crippen molar-refractivity contribution in [3.63, 3.8) is 0 Å². The van der Waals surface area contributed by atoms with Gasteiger partial charge in [-0.05, 0) is 37.0 Å². The van der Waals surface area contributed by atoms with Crippen molar-refractivity contribution in [2.24, 2.45) is 0 Å². The summed E-state index contributed by atoms with van der Waals surface area (Å²) in [4.78, 5) is 13.9. The number of methoxy groups -OCH3 is 1. The molecule has 1 aliphatic rings. The third-order valence-electron chi connectivity index (χ3n) is 3.69. The molecule has 1 fully saturated rings. The molecule has 1 saturated heterocycles. The molecule has 1 N–H and O–H groups in total. The van der Waals surface area contributed by atoms with Crippen molar-refractivity contribution in [2.45, 2.75) is 31.7 Å². The quantitative estimate of drug-likeness (QED) is 0.878. The standard InChI is InChI=1S/C15H21NO3/c1-19-14-7-4-12(5-8-14)6-9-15(18)16-10-2-3-13(16)11-17/h4-5,7-8,13,17H,2-3,6,9-11H2,1H3. The zero-order chi connectivity index (χ0) is 13.7. The van der Waals surface area contributed by atoms with Crippen LogP contribution < -0.4 is 4.74 Å². The first-order chi connectivity index (χ1) is 9.24. The van der Waals surface area contributed by atoms with Gasteiger partial charge in [0.1, 0.15) is 5.75 Å². The van der Waals surface area contributed by atoms with Crippen LogP contribution >= 0.6 is 0 Å². The highest BCUT2D eigenvalue weighted by atomic mass is 16.5. The maximum atomic E-state index is 12.1. The van der Waals surface area contributed by atoms with Crippen molar-refractivity contribution in [2.75, 3.05) is 20.3 Å². The molecule has 1 unspecified atom stereocenters. The van der Waals surface area contributed by atoms with E-state index in [9.17, 15) is 9.90 Å². The van der Waals surface area contributed by atoms with Gasteiger partial charge >= 0.3 is 0 Å². The Hall–Kier alpha value is -1.55. The van der Waals surface area contributed by atoms with E-state index < -0.39 is 0 Å². The molecule has 0 aliphatic carbocycles. The van der Waals surface area contributed by atoms with Crippen LogP contribution in [-0.2, 0) is 11.2 Å². The number of ether oxygens (including phenoxy) is 1. The Kier molecular flexibility index (Phi) is 4.80. The Bertz CT molecular complexity index is 416.